The number of methoxy groups -OCH3 is 1. The van der Waals surface area contributed by atoms with Crippen LogP contribution in [-0.2, 0) is 15.7 Å². The second-order valence-corrected chi connectivity index (χ2v) is 8.41. The quantitative estimate of drug-likeness (QED) is 0.452. The highest BCUT2D eigenvalue weighted by Crippen LogP contribution is 2.35. The van der Waals surface area contributed by atoms with Gasteiger partial charge in [-0.15, -0.1) is 5.10 Å². The molecule has 0 bridgehead atoms. The second-order valence-electron chi connectivity index (χ2n) is 8.41. The van der Waals surface area contributed by atoms with Gasteiger partial charge in [0, 0.05) is 40.1 Å². The smallest absolute Gasteiger partial charge is 0.381 e. The zero-order valence-electron chi connectivity index (χ0n) is 19.1. The lowest BCUT2D eigenvalue weighted by Crippen LogP contribution is -2.25. The van der Waals surface area contributed by atoms with E-state index in [2.05, 4.69) is 10.1 Å². The summed E-state index contributed by atoms with van der Waals surface area (Å²) in [6.45, 7) is 1.15. The number of benzene rings is 2. The summed E-state index contributed by atoms with van der Waals surface area (Å²) in [7, 11) is 5.17. The van der Waals surface area contributed by atoms with Crippen LogP contribution in [0.5, 0.6) is 0 Å². The van der Waals surface area contributed by atoms with Gasteiger partial charge in [-0.2, -0.15) is 13.2 Å². The lowest BCUT2D eigenvalue weighted by atomic mass is 9.93. The molecule has 0 saturated carbocycles. The van der Waals surface area contributed by atoms with E-state index >= 15 is 0 Å². The molecule has 1 saturated heterocycles. The Balaban J connectivity index is 1.81. The average Bonchev–Trinajstić information content (AvgIpc) is 3.24. The minimum Gasteiger partial charge on any atom is -0.381 e. The largest absolute Gasteiger partial charge is 0.416 e. The van der Waals surface area contributed by atoms with Crippen LogP contribution in [0.25, 0.3) is 17.1 Å². The lowest BCUT2D eigenvalue weighted by Gasteiger charge is -2.28. The minimum absolute atomic E-state index is 0.0740. The zero-order chi connectivity index (χ0) is 24.5. The molecule has 1 unspecified atom stereocenters. The van der Waals surface area contributed by atoms with Gasteiger partial charge < -0.3 is 14.4 Å². The first kappa shape index (κ1) is 24.2. The van der Waals surface area contributed by atoms with Gasteiger partial charge in [-0.25, -0.2) is 14.1 Å². The van der Waals surface area contributed by atoms with Crippen molar-refractivity contribution in [2.75, 3.05) is 39.3 Å². The van der Waals surface area contributed by atoms with Gasteiger partial charge in [-0.05, 0) is 61.2 Å². The normalized spacial score (nSPS) is 16.0. The van der Waals surface area contributed by atoms with Gasteiger partial charge in [0.05, 0.1) is 16.8 Å². The van der Waals surface area contributed by atoms with Gasteiger partial charge in [0.15, 0.2) is 11.6 Å². The summed E-state index contributed by atoms with van der Waals surface area (Å²) in [4.78, 5) is 6.40. The molecule has 0 amide bonds. The maximum atomic E-state index is 15.0. The topological polar surface area (TPSA) is 52.4 Å². The molecule has 1 fully saturated rings. The predicted molar refractivity (Wildman–Crippen MR) is 119 cm³/mol. The Hall–Kier alpha value is -2.98. The Bertz CT molecular complexity index is 1120. The summed E-state index contributed by atoms with van der Waals surface area (Å²) >= 11 is 0. The van der Waals surface area contributed by atoms with E-state index in [-0.39, 0.29) is 17.3 Å². The van der Waals surface area contributed by atoms with Crippen LogP contribution in [0.15, 0.2) is 42.5 Å². The Morgan fingerprint density at radius 1 is 1.09 bits per heavy atom. The standard InChI is InChI=1S/C24H26F4N4O2/c1-31(2)18-8-9-19(20(25)14-18)22-29-23(21(33-3)15-10-12-34-13-11-15)32(30-22)17-6-4-16(5-7-17)24(26,27)28/h4-9,14-15,21H,10-13H2,1-3H3. The minimum atomic E-state index is -4.45. The van der Waals surface area contributed by atoms with Crippen LogP contribution < -0.4 is 4.90 Å². The van der Waals surface area contributed by atoms with E-state index in [0.717, 1.165) is 25.0 Å². The van der Waals surface area contributed by atoms with E-state index in [9.17, 15) is 17.6 Å². The number of rotatable bonds is 6. The molecular formula is C24H26F4N4O2. The number of ether oxygens (including phenoxy) is 2. The van der Waals surface area contributed by atoms with Crippen molar-refractivity contribution in [2.24, 2.45) is 5.92 Å². The third kappa shape index (κ3) is 4.92. The molecule has 0 spiro atoms. The molecule has 3 aromatic rings. The van der Waals surface area contributed by atoms with E-state index in [4.69, 9.17) is 9.47 Å². The molecule has 34 heavy (non-hydrogen) atoms. The highest BCUT2D eigenvalue weighted by molar-refractivity contribution is 5.61. The van der Waals surface area contributed by atoms with Gasteiger partial charge in [0.25, 0.3) is 0 Å². The van der Waals surface area contributed by atoms with Crippen molar-refractivity contribution in [2.45, 2.75) is 25.1 Å². The molecule has 4 rings (SSSR count). The van der Waals surface area contributed by atoms with Crippen molar-refractivity contribution in [1.82, 2.24) is 14.8 Å². The number of hydrogen-bond donors (Lipinski definition) is 0. The van der Waals surface area contributed by atoms with Gasteiger partial charge >= 0.3 is 6.18 Å². The molecular weight excluding hydrogens is 452 g/mol. The number of aromatic nitrogens is 3. The van der Waals surface area contributed by atoms with Crippen LogP contribution in [0.2, 0.25) is 0 Å². The highest BCUT2D eigenvalue weighted by atomic mass is 19.4. The number of hydrogen-bond acceptors (Lipinski definition) is 5. The number of anilines is 1. The zero-order valence-corrected chi connectivity index (χ0v) is 19.1. The predicted octanol–water partition coefficient (Wildman–Crippen LogP) is 5.27. The lowest BCUT2D eigenvalue weighted by molar-refractivity contribution is -0.137. The van der Waals surface area contributed by atoms with Crippen LogP contribution in [-0.4, -0.2) is 49.2 Å². The molecule has 2 heterocycles. The maximum Gasteiger partial charge on any atom is 0.416 e. The first-order valence-corrected chi connectivity index (χ1v) is 10.9. The van der Waals surface area contributed by atoms with Gasteiger partial charge in [0.1, 0.15) is 11.9 Å². The molecule has 2 aromatic carbocycles. The fourth-order valence-electron chi connectivity index (χ4n) is 4.09. The first-order valence-electron chi connectivity index (χ1n) is 10.9. The second kappa shape index (κ2) is 9.71. The SMILES string of the molecule is COC(c1nc(-c2ccc(N(C)C)cc2F)nn1-c1ccc(C(F)(F)F)cc1)C1CCOCC1. The summed E-state index contributed by atoms with van der Waals surface area (Å²) in [6.07, 6.45) is -3.47. The van der Waals surface area contributed by atoms with Crippen molar-refractivity contribution < 1.29 is 27.0 Å². The third-order valence-corrected chi connectivity index (χ3v) is 5.98. The molecule has 1 atom stereocenters. The number of nitrogens with zero attached hydrogens (tertiary/aromatic N) is 4. The fourth-order valence-corrected chi connectivity index (χ4v) is 4.09. The van der Waals surface area contributed by atoms with Crippen molar-refractivity contribution in [3.05, 3.63) is 59.7 Å². The monoisotopic (exact) mass is 478 g/mol. The van der Waals surface area contributed by atoms with E-state index in [1.165, 1.54) is 22.9 Å². The van der Waals surface area contributed by atoms with Crippen molar-refractivity contribution in [3.8, 4) is 17.1 Å². The van der Waals surface area contributed by atoms with Crippen LogP contribution in [0.3, 0.4) is 0 Å². The van der Waals surface area contributed by atoms with Crippen molar-refractivity contribution in [1.29, 1.82) is 0 Å². The Labute approximate surface area is 195 Å². The molecule has 0 aliphatic carbocycles. The van der Waals surface area contributed by atoms with Gasteiger partial charge in [-0.1, -0.05) is 0 Å². The maximum absolute atomic E-state index is 15.0. The molecule has 10 heteroatoms. The van der Waals surface area contributed by atoms with Crippen LogP contribution in [0.4, 0.5) is 23.2 Å². The van der Waals surface area contributed by atoms with Gasteiger partial charge in [0.2, 0.25) is 0 Å². The fraction of sp³-hybridized carbons (Fsp3) is 0.417. The van der Waals surface area contributed by atoms with Crippen LogP contribution >= 0.6 is 0 Å². The Kier molecular flexibility index (Phi) is 6.90. The summed E-state index contributed by atoms with van der Waals surface area (Å²) in [5, 5.41) is 4.50. The highest BCUT2D eigenvalue weighted by Gasteiger charge is 2.33. The average molecular weight is 478 g/mol. The van der Waals surface area contributed by atoms with Crippen LogP contribution in [0.1, 0.15) is 30.3 Å². The molecule has 182 valence electrons. The van der Waals surface area contributed by atoms with E-state index in [0.29, 0.717) is 30.4 Å². The summed E-state index contributed by atoms with van der Waals surface area (Å²) in [5.41, 5.74) is 0.484. The van der Waals surface area contributed by atoms with Crippen LogP contribution in [0, 0.1) is 11.7 Å². The summed E-state index contributed by atoms with van der Waals surface area (Å²) in [6, 6.07) is 9.37. The molecule has 0 radical (unpaired) electrons. The van der Waals surface area contributed by atoms with E-state index in [1.54, 1.807) is 38.2 Å². The summed E-state index contributed by atoms with van der Waals surface area (Å²) in [5.74, 6) is 0.111. The van der Waals surface area contributed by atoms with Crippen molar-refractivity contribution >= 4 is 5.69 Å². The van der Waals surface area contributed by atoms with Gasteiger partial charge in [-0.3, -0.25) is 0 Å². The van der Waals surface area contributed by atoms with Crippen molar-refractivity contribution in [3.63, 3.8) is 0 Å². The third-order valence-electron chi connectivity index (χ3n) is 5.98. The molecule has 0 N–H and O–H groups in total. The molecule has 6 nitrogen and oxygen atoms in total. The molecule has 1 aliphatic rings. The Morgan fingerprint density at radius 2 is 1.76 bits per heavy atom. The summed E-state index contributed by atoms with van der Waals surface area (Å²) < 4.78 is 66.9. The number of halogens is 4. The first-order chi connectivity index (χ1) is 16.2. The number of alkyl halides is 3. The van der Waals surface area contributed by atoms with E-state index < -0.39 is 23.7 Å². The Morgan fingerprint density at radius 3 is 2.32 bits per heavy atom. The molecule has 1 aromatic heterocycles. The van der Waals surface area contributed by atoms with E-state index in [1.807, 2.05) is 0 Å². The molecule has 1 aliphatic heterocycles.